The fourth-order valence-electron chi connectivity index (χ4n) is 3.14. The van der Waals surface area contributed by atoms with Crippen LogP contribution in [0.4, 0.5) is 0 Å². The molecule has 0 bridgehead atoms. The molecule has 0 N–H and O–H groups in total. The van der Waals surface area contributed by atoms with Gasteiger partial charge in [0.2, 0.25) is 5.91 Å². The molecule has 0 aromatic rings. The zero-order chi connectivity index (χ0) is 15.3. The smallest absolute Gasteiger partial charge is 0.328 e. The van der Waals surface area contributed by atoms with Crippen LogP contribution in [0.5, 0.6) is 0 Å². The molecular weight excluding hydrogens is 254 g/mol. The lowest BCUT2D eigenvalue weighted by atomic mass is 9.81. The van der Waals surface area contributed by atoms with Gasteiger partial charge in [0.05, 0.1) is 6.61 Å². The number of carbonyl (C=O) groups is 2. The molecule has 2 unspecified atom stereocenters. The number of carbonyl (C=O) groups excluding carboxylic acids is 2. The number of ether oxygens (including phenoxy) is 1. The summed E-state index contributed by atoms with van der Waals surface area (Å²) in [6.45, 7) is 10.0. The Morgan fingerprint density at radius 3 is 2.40 bits per heavy atom. The Morgan fingerprint density at radius 1 is 1.25 bits per heavy atom. The molecule has 0 saturated heterocycles. The molecule has 0 spiro atoms. The van der Waals surface area contributed by atoms with E-state index in [2.05, 4.69) is 6.92 Å². The molecule has 1 saturated carbocycles. The van der Waals surface area contributed by atoms with Crippen LogP contribution < -0.4 is 0 Å². The number of amides is 1. The third-order valence-electron chi connectivity index (χ3n) is 4.14. The summed E-state index contributed by atoms with van der Waals surface area (Å²) in [7, 11) is 0. The van der Waals surface area contributed by atoms with Gasteiger partial charge in [0.15, 0.2) is 0 Å². The van der Waals surface area contributed by atoms with Crippen LogP contribution in [-0.4, -0.2) is 35.5 Å². The fourth-order valence-corrected chi connectivity index (χ4v) is 3.14. The second-order valence-corrected chi connectivity index (χ2v) is 6.24. The van der Waals surface area contributed by atoms with Gasteiger partial charge < -0.3 is 9.64 Å². The molecule has 1 aliphatic rings. The second-order valence-electron chi connectivity index (χ2n) is 6.24. The predicted octanol–water partition coefficient (Wildman–Crippen LogP) is 3.00. The van der Waals surface area contributed by atoms with Gasteiger partial charge in [0, 0.05) is 12.0 Å². The van der Waals surface area contributed by atoms with E-state index >= 15 is 0 Å². The maximum Gasteiger partial charge on any atom is 0.328 e. The second kappa shape index (κ2) is 7.65. The predicted molar refractivity (Wildman–Crippen MR) is 79.2 cm³/mol. The van der Waals surface area contributed by atoms with E-state index < -0.39 is 6.04 Å². The van der Waals surface area contributed by atoms with Crippen LogP contribution in [0.1, 0.15) is 60.3 Å². The van der Waals surface area contributed by atoms with E-state index in [1.807, 2.05) is 13.8 Å². The lowest BCUT2D eigenvalue weighted by Crippen LogP contribution is -2.50. The van der Waals surface area contributed by atoms with Gasteiger partial charge in [-0.05, 0) is 46.5 Å². The number of hydrogen-bond donors (Lipinski definition) is 0. The molecule has 4 heteroatoms. The van der Waals surface area contributed by atoms with Crippen LogP contribution >= 0.6 is 0 Å². The lowest BCUT2D eigenvalue weighted by molar-refractivity contribution is -0.157. The fraction of sp³-hybridized carbons (Fsp3) is 0.875. The summed E-state index contributed by atoms with van der Waals surface area (Å²) in [5, 5.41) is 0. The van der Waals surface area contributed by atoms with Crippen LogP contribution in [-0.2, 0) is 14.3 Å². The molecule has 1 fully saturated rings. The number of hydrogen-bond acceptors (Lipinski definition) is 3. The average Bonchev–Trinajstić information content (AvgIpc) is 2.38. The van der Waals surface area contributed by atoms with E-state index in [0.717, 1.165) is 19.3 Å². The van der Waals surface area contributed by atoms with Gasteiger partial charge in [-0.25, -0.2) is 4.79 Å². The summed E-state index contributed by atoms with van der Waals surface area (Å²) in [6, 6.07) is -0.487. The highest BCUT2D eigenvalue weighted by molar-refractivity contribution is 5.86. The van der Waals surface area contributed by atoms with Crippen LogP contribution in [0.15, 0.2) is 0 Å². The molecule has 0 aromatic carbocycles. The van der Waals surface area contributed by atoms with Crippen molar-refractivity contribution in [1.29, 1.82) is 0 Å². The van der Waals surface area contributed by atoms with Crippen molar-refractivity contribution in [2.75, 3.05) is 6.61 Å². The van der Waals surface area contributed by atoms with Crippen molar-refractivity contribution in [3.8, 4) is 0 Å². The van der Waals surface area contributed by atoms with Gasteiger partial charge in [-0.15, -0.1) is 0 Å². The van der Waals surface area contributed by atoms with Crippen LogP contribution in [0, 0.1) is 11.8 Å². The Labute approximate surface area is 122 Å². The van der Waals surface area contributed by atoms with E-state index in [1.54, 1.807) is 18.7 Å². The van der Waals surface area contributed by atoms with Crippen molar-refractivity contribution in [3.05, 3.63) is 0 Å². The molecule has 116 valence electrons. The molecule has 1 rings (SSSR count). The van der Waals surface area contributed by atoms with Crippen molar-refractivity contribution in [2.45, 2.75) is 72.4 Å². The maximum atomic E-state index is 12.8. The molecule has 0 radical (unpaired) electrons. The highest BCUT2D eigenvalue weighted by atomic mass is 16.5. The van der Waals surface area contributed by atoms with Gasteiger partial charge in [-0.2, -0.15) is 0 Å². The molecule has 0 aliphatic heterocycles. The van der Waals surface area contributed by atoms with Crippen molar-refractivity contribution in [1.82, 2.24) is 4.90 Å². The SMILES string of the molecule is CCOC(=O)[C@H](C)N(C(=O)C1CCCC(C)C1)C(C)C. The number of rotatable bonds is 5. The normalized spacial score (nSPS) is 24.3. The summed E-state index contributed by atoms with van der Waals surface area (Å²) in [6.07, 6.45) is 4.20. The minimum Gasteiger partial charge on any atom is -0.464 e. The molecule has 20 heavy (non-hydrogen) atoms. The summed E-state index contributed by atoms with van der Waals surface area (Å²) in [5.41, 5.74) is 0. The largest absolute Gasteiger partial charge is 0.464 e. The van der Waals surface area contributed by atoms with Crippen molar-refractivity contribution in [3.63, 3.8) is 0 Å². The van der Waals surface area contributed by atoms with Crippen LogP contribution in [0.2, 0.25) is 0 Å². The molecule has 4 nitrogen and oxygen atoms in total. The Balaban J connectivity index is 2.79. The Bertz CT molecular complexity index is 341. The first-order valence-electron chi connectivity index (χ1n) is 7.87. The van der Waals surface area contributed by atoms with Crippen molar-refractivity contribution in [2.24, 2.45) is 11.8 Å². The summed E-state index contributed by atoms with van der Waals surface area (Å²) < 4.78 is 5.06. The highest BCUT2D eigenvalue weighted by Gasteiger charge is 2.35. The Morgan fingerprint density at radius 2 is 1.90 bits per heavy atom. The van der Waals surface area contributed by atoms with Gasteiger partial charge in [0.25, 0.3) is 0 Å². The number of nitrogens with zero attached hydrogens (tertiary/aromatic N) is 1. The van der Waals surface area contributed by atoms with Crippen molar-refractivity contribution < 1.29 is 14.3 Å². The summed E-state index contributed by atoms with van der Waals surface area (Å²) in [5.74, 6) is 0.480. The summed E-state index contributed by atoms with van der Waals surface area (Å²) >= 11 is 0. The molecule has 0 heterocycles. The minimum absolute atomic E-state index is 0.0131. The van der Waals surface area contributed by atoms with E-state index in [-0.39, 0.29) is 23.8 Å². The van der Waals surface area contributed by atoms with Gasteiger partial charge in [0.1, 0.15) is 6.04 Å². The first-order chi connectivity index (χ1) is 9.38. The van der Waals surface area contributed by atoms with Gasteiger partial charge in [-0.3, -0.25) is 4.79 Å². The third-order valence-corrected chi connectivity index (χ3v) is 4.14. The first-order valence-corrected chi connectivity index (χ1v) is 7.87. The number of esters is 1. The molecular formula is C16H29NO3. The van der Waals surface area contributed by atoms with E-state index in [1.165, 1.54) is 6.42 Å². The molecule has 1 aliphatic carbocycles. The standard InChI is InChI=1S/C16H29NO3/c1-6-20-16(19)13(5)17(11(2)3)15(18)14-9-7-8-12(4)10-14/h11-14H,6-10H2,1-5H3/t12?,13-,14?/m0/s1. The van der Waals surface area contributed by atoms with Crippen LogP contribution in [0.25, 0.3) is 0 Å². The minimum atomic E-state index is -0.500. The van der Waals surface area contributed by atoms with Gasteiger partial charge in [-0.1, -0.05) is 19.8 Å². The topological polar surface area (TPSA) is 46.6 Å². The van der Waals surface area contributed by atoms with Crippen molar-refractivity contribution >= 4 is 11.9 Å². The Kier molecular flexibility index (Phi) is 6.50. The monoisotopic (exact) mass is 283 g/mol. The average molecular weight is 283 g/mol. The lowest BCUT2D eigenvalue weighted by Gasteiger charge is -2.36. The van der Waals surface area contributed by atoms with E-state index in [4.69, 9.17) is 4.74 Å². The zero-order valence-electron chi connectivity index (χ0n) is 13.5. The first kappa shape index (κ1) is 17.0. The molecule has 1 amide bonds. The molecule has 3 atom stereocenters. The summed E-state index contributed by atoms with van der Waals surface area (Å²) in [4.78, 5) is 26.4. The van der Waals surface area contributed by atoms with E-state index in [9.17, 15) is 9.59 Å². The van der Waals surface area contributed by atoms with Gasteiger partial charge >= 0.3 is 5.97 Å². The molecule has 0 aromatic heterocycles. The van der Waals surface area contributed by atoms with Crippen LogP contribution in [0.3, 0.4) is 0 Å². The highest BCUT2D eigenvalue weighted by Crippen LogP contribution is 2.31. The quantitative estimate of drug-likeness (QED) is 0.729. The maximum absolute atomic E-state index is 12.8. The zero-order valence-corrected chi connectivity index (χ0v) is 13.5. The Hall–Kier alpha value is -1.06. The van der Waals surface area contributed by atoms with E-state index in [0.29, 0.717) is 12.5 Å². The third kappa shape index (κ3) is 4.22.